The molecule has 1 heterocycles. The molecule has 1 saturated heterocycles. The normalized spacial score (nSPS) is 17.2. The Kier molecular flexibility index (Phi) is 7.27. The van der Waals surface area contributed by atoms with Crippen LogP contribution in [-0.4, -0.2) is 55.8 Å². The third-order valence-electron chi connectivity index (χ3n) is 5.03. The molecule has 3 rings (SSSR count). The molecule has 166 valence electrons. The third-order valence-corrected chi connectivity index (χ3v) is 6.79. The molecular formula is C22H25FN2O5S. The number of rotatable bonds is 8. The van der Waals surface area contributed by atoms with Crippen molar-refractivity contribution in [2.45, 2.75) is 26.0 Å². The number of benzene rings is 2. The first-order chi connectivity index (χ1) is 14.8. The number of ether oxygens (including phenoxy) is 1. The molecule has 1 atom stereocenters. The number of likely N-dealkylation sites (N-methyl/N-ethyl adjacent to an activating group) is 1. The lowest BCUT2D eigenvalue weighted by atomic mass is 10.1. The van der Waals surface area contributed by atoms with Crippen molar-refractivity contribution in [2.24, 2.45) is 0 Å². The Morgan fingerprint density at radius 2 is 1.87 bits per heavy atom. The van der Waals surface area contributed by atoms with E-state index >= 15 is 0 Å². The predicted molar refractivity (Wildman–Crippen MR) is 114 cm³/mol. The summed E-state index contributed by atoms with van der Waals surface area (Å²) in [6.07, 6.45) is 0.383. The van der Waals surface area contributed by atoms with E-state index in [1.807, 2.05) is 0 Å². The Hall–Kier alpha value is -2.94. The van der Waals surface area contributed by atoms with Crippen LogP contribution in [0.15, 0.2) is 48.5 Å². The van der Waals surface area contributed by atoms with Gasteiger partial charge in [-0.15, -0.1) is 0 Å². The van der Waals surface area contributed by atoms with Crippen molar-refractivity contribution in [1.29, 1.82) is 0 Å². The summed E-state index contributed by atoms with van der Waals surface area (Å²) in [6, 6.07) is 12.2. The zero-order valence-corrected chi connectivity index (χ0v) is 18.0. The molecule has 2 aromatic rings. The first-order valence-electron chi connectivity index (χ1n) is 10.0. The molecule has 0 aromatic heterocycles. The predicted octanol–water partition coefficient (Wildman–Crippen LogP) is 2.17. The van der Waals surface area contributed by atoms with E-state index in [2.05, 4.69) is 5.32 Å². The molecule has 1 fully saturated rings. The summed E-state index contributed by atoms with van der Waals surface area (Å²) in [7, 11) is -3.10. The molecule has 1 aliphatic rings. The number of carbonyl (C=O) groups is 2. The quantitative estimate of drug-likeness (QED) is 0.668. The second-order valence-corrected chi connectivity index (χ2v) is 9.63. The molecule has 0 spiro atoms. The molecule has 31 heavy (non-hydrogen) atoms. The number of carbonyl (C=O) groups excluding carboxylic acids is 2. The van der Waals surface area contributed by atoms with E-state index in [0.29, 0.717) is 24.3 Å². The summed E-state index contributed by atoms with van der Waals surface area (Å²) < 4.78 is 42.0. The maximum atomic E-state index is 13.1. The van der Waals surface area contributed by atoms with Crippen LogP contribution in [0.25, 0.3) is 0 Å². The van der Waals surface area contributed by atoms with Crippen molar-refractivity contribution in [1.82, 2.24) is 10.2 Å². The fraction of sp³-hybridized carbons (Fsp3) is 0.364. The second kappa shape index (κ2) is 9.91. The zero-order valence-electron chi connectivity index (χ0n) is 17.2. The van der Waals surface area contributed by atoms with Gasteiger partial charge in [0.05, 0.1) is 23.6 Å². The fourth-order valence-corrected chi connectivity index (χ4v) is 5.04. The summed E-state index contributed by atoms with van der Waals surface area (Å²) >= 11 is 0. The number of sulfone groups is 1. The summed E-state index contributed by atoms with van der Waals surface area (Å²) in [6.45, 7) is 2.03. The van der Waals surface area contributed by atoms with Crippen molar-refractivity contribution < 1.29 is 27.1 Å². The molecule has 0 radical (unpaired) electrons. The Balaban J connectivity index is 1.64. The van der Waals surface area contributed by atoms with Gasteiger partial charge in [-0.25, -0.2) is 12.8 Å². The molecular weight excluding hydrogens is 423 g/mol. The number of hydrogen-bond donors (Lipinski definition) is 1. The smallest absolute Gasteiger partial charge is 0.258 e. The van der Waals surface area contributed by atoms with E-state index in [0.717, 1.165) is 5.56 Å². The van der Waals surface area contributed by atoms with Gasteiger partial charge in [-0.05, 0) is 43.2 Å². The van der Waals surface area contributed by atoms with Gasteiger partial charge in [-0.3, -0.25) is 9.59 Å². The van der Waals surface area contributed by atoms with Gasteiger partial charge < -0.3 is 15.0 Å². The summed E-state index contributed by atoms with van der Waals surface area (Å²) in [5.41, 5.74) is 1.06. The van der Waals surface area contributed by atoms with E-state index in [9.17, 15) is 22.4 Å². The van der Waals surface area contributed by atoms with Crippen LogP contribution in [-0.2, 0) is 21.2 Å². The van der Waals surface area contributed by atoms with Crippen LogP contribution in [0, 0.1) is 5.82 Å². The minimum atomic E-state index is -3.10. The van der Waals surface area contributed by atoms with Crippen LogP contribution < -0.4 is 10.1 Å². The maximum Gasteiger partial charge on any atom is 0.258 e. The Morgan fingerprint density at radius 3 is 2.52 bits per heavy atom. The van der Waals surface area contributed by atoms with Crippen molar-refractivity contribution in [3.8, 4) is 5.75 Å². The van der Waals surface area contributed by atoms with Gasteiger partial charge >= 0.3 is 0 Å². The van der Waals surface area contributed by atoms with E-state index in [-0.39, 0.29) is 36.4 Å². The highest BCUT2D eigenvalue weighted by molar-refractivity contribution is 7.91. The standard InChI is InChI=1S/C22H25FN2O5S/c1-2-25(13-21(26)24-18-11-12-31(28,29)15-18)22(27)19-5-3-4-6-20(19)30-14-16-7-9-17(23)10-8-16/h3-10,18H,2,11-15H2,1H3,(H,24,26)/t18-/m1/s1. The maximum absolute atomic E-state index is 13.1. The molecule has 0 unspecified atom stereocenters. The van der Waals surface area contributed by atoms with Crippen molar-refractivity contribution >= 4 is 21.7 Å². The Labute approximate surface area is 181 Å². The number of hydrogen-bond acceptors (Lipinski definition) is 5. The highest BCUT2D eigenvalue weighted by Gasteiger charge is 2.29. The largest absolute Gasteiger partial charge is 0.488 e. The first kappa shape index (κ1) is 22.7. The summed E-state index contributed by atoms with van der Waals surface area (Å²) in [5.74, 6) is -0.760. The Bertz CT molecular complexity index is 1040. The Morgan fingerprint density at radius 1 is 1.16 bits per heavy atom. The van der Waals surface area contributed by atoms with Gasteiger partial charge in [0.2, 0.25) is 5.91 Å². The number of nitrogens with one attached hydrogen (secondary N) is 1. The average Bonchev–Trinajstić information content (AvgIpc) is 3.09. The van der Waals surface area contributed by atoms with Crippen molar-refractivity contribution in [3.63, 3.8) is 0 Å². The highest BCUT2D eigenvalue weighted by Crippen LogP contribution is 2.21. The molecule has 0 bridgehead atoms. The van der Waals surface area contributed by atoms with Gasteiger partial charge in [0, 0.05) is 12.6 Å². The van der Waals surface area contributed by atoms with E-state index < -0.39 is 21.8 Å². The van der Waals surface area contributed by atoms with Crippen LogP contribution in [0.4, 0.5) is 4.39 Å². The topological polar surface area (TPSA) is 92.8 Å². The lowest BCUT2D eigenvalue weighted by molar-refractivity contribution is -0.122. The first-order valence-corrected chi connectivity index (χ1v) is 11.8. The van der Waals surface area contributed by atoms with Crippen LogP contribution in [0.2, 0.25) is 0 Å². The monoisotopic (exact) mass is 448 g/mol. The third kappa shape index (κ3) is 6.27. The van der Waals surface area contributed by atoms with Gasteiger partial charge in [-0.1, -0.05) is 24.3 Å². The molecule has 2 amide bonds. The minimum Gasteiger partial charge on any atom is -0.488 e. The lowest BCUT2D eigenvalue weighted by Crippen LogP contribution is -2.44. The van der Waals surface area contributed by atoms with Gasteiger partial charge in [0.15, 0.2) is 9.84 Å². The van der Waals surface area contributed by atoms with Crippen LogP contribution >= 0.6 is 0 Å². The molecule has 7 nitrogen and oxygen atoms in total. The van der Waals surface area contributed by atoms with E-state index in [1.54, 1.807) is 43.3 Å². The van der Waals surface area contributed by atoms with E-state index in [1.165, 1.54) is 17.0 Å². The molecule has 9 heteroatoms. The number of halogens is 1. The van der Waals surface area contributed by atoms with Gasteiger partial charge in [0.25, 0.3) is 5.91 Å². The summed E-state index contributed by atoms with van der Waals surface area (Å²) in [5, 5.41) is 2.70. The molecule has 0 aliphatic carbocycles. The van der Waals surface area contributed by atoms with Gasteiger partial charge in [-0.2, -0.15) is 0 Å². The van der Waals surface area contributed by atoms with Crippen LogP contribution in [0.3, 0.4) is 0 Å². The number of amides is 2. The zero-order chi connectivity index (χ0) is 22.4. The van der Waals surface area contributed by atoms with Crippen molar-refractivity contribution in [3.05, 3.63) is 65.5 Å². The molecule has 1 N–H and O–H groups in total. The van der Waals surface area contributed by atoms with Crippen LogP contribution in [0.1, 0.15) is 29.3 Å². The minimum absolute atomic E-state index is 0.0626. The van der Waals surface area contributed by atoms with Crippen molar-refractivity contribution in [2.75, 3.05) is 24.6 Å². The number of nitrogens with zero attached hydrogens (tertiary/aromatic N) is 1. The molecule has 0 saturated carbocycles. The number of para-hydroxylation sites is 1. The average molecular weight is 449 g/mol. The summed E-state index contributed by atoms with van der Waals surface area (Å²) in [4.78, 5) is 26.8. The fourth-order valence-electron chi connectivity index (χ4n) is 3.36. The SMILES string of the molecule is CCN(CC(=O)N[C@@H]1CCS(=O)(=O)C1)C(=O)c1ccccc1OCc1ccc(F)cc1. The van der Waals surface area contributed by atoms with E-state index in [4.69, 9.17) is 4.74 Å². The van der Waals surface area contributed by atoms with Gasteiger partial charge in [0.1, 0.15) is 18.2 Å². The lowest BCUT2D eigenvalue weighted by Gasteiger charge is -2.22. The van der Waals surface area contributed by atoms with Crippen LogP contribution in [0.5, 0.6) is 5.75 Å². The second-order valence-electron chi connectivity index (χ2n) is 7.40. The highest BCUT2D eigenvalue weighted by atomic mass is 32.2. The molecule has 2 aromatic carbocycles. The molecule has 1 aliphatic heterocycles.